The number of nitrogens with one attached hydrogen (secondary N) is 1. The van der Waals surface area contributed by atoms with Crippen LogP contribution in [0.3, 0.4) is 0 Å². The van der Waals surface area contributed by atoms with Crippen LogP contribution >= 0.6 is 0 Å². The number of carbonyl (C=O) groups is 1. The predicted octanol–water partition coefficient (Wildman–Crippen LogP) is 1.98. The van der Waals surface area contributed by atoms with Crippen LogP contribution in [0.5, 0.6) is 5.75 Å². The Labute approximate surface area is 141 Å². The maximum Gasteiger partial charge on any atom is 0.265 e. The number of amides is 1. The lowest BCUT2D eigenvalue weighted by molar-refractivity contribution is -0.131. The molecule has 0 aliphatic carbocycles. The number of methoxy groups -OCH3 is 1. The minimum Gasteiger partial charge on any atom is -0.497 e. The summed E-state index contributed by atoms with van der Waals surface area (Å²) in [6.07, 6.45) is -0.0748. The van der Waals surface area contributed by atoms with Crippen LogP contribution in [-0.2, 0) is 21.1 Å². The van der Waals surface area contributed by atoms with E-state index in [0.717, 1.165) is 0 Å². The van der Waals surface area contributed by atoms with Gasteiger partial charge in [0.25, 0.3) is 5.91 Å². The van der Waals surface area contributed by atoms with Crippen molar-refractivity contribution in [3.8, 4) is 5.75 Å². The van der Waals surface area contributed by atoms with Crippen molar-refractivity contribution in [1.29, 1.82) is 0 Å². The molecule has 1 amide bonds. The summed E-state index contributed by atoms with van der Waals surface area (Å²) in [5.74, 6) is -0.479. The summed E-state index contributed by atoms with van der Waals surface area (Å²) in [7, 11) is -2.59. The zero-order valence-corrected chi connectivity index (χ0v) is 14.2. The topological polar surface area (TPSA) is 92.7 Å². The number of rotatable bonds is 6. The Bertz CT molecular complexity index is 803. The maximum absolute atomic E-state index is 13.0. The van der Waals surface area contributed by atoms with Crippen LogP contribution in [0.2, 0.25) is 0 Å². The van der Waals surface area contributed by atoms with E-state index in [-0.39, 0.29) is 11.3 Å². The quantitative estimate of drug-likeness (QED) is 0.614. The summed E-state index contributed by atoms with van der Waals surface area (Å²) in [5, 5.41) is 9.06. The number of sulfone groups is 1. The zero-order valence-electron chi connectivity index (χ0n) is 13.4. The lowest BCUT2D eigenvalue weighted by Gasteiger charge is -2.27. The van der Waals surface area contributed by atoms with Gasteiger partial charge >= 0.3 is 0 Å². The van der Waals surface area contributed by atoms with E-state index in [2.05, 4.69) is 0 Å². The average Bonchev–Trinajstić information content (AvgIpc) is 2.61. The van der Waals surface area contributed by atoms with Crippen molar-refractivity contribution < 1.29 is 23.2 Å². The standard InChI is InChI=1S/C17H19NO5S/c1-17(16(19)18-20,12-13-6-4-3-5-7-13)24(21,22)15-10-8-14(23-2)9-11-15/h3-11,20H,12H2,1-2H3,(H,18,19)/t17-/m0/s1. The van der Waals surface area contributed by atoms with Crippen LogP contribution < -0.4 is 10.2 Å². The molecule has 1 atom stereocenters. The van der Waals surface area contributed by atoms with Gasteiger partial charge in [-0.15, -0.1) is 0 Å². The SMILES string of the molecule is COc1ccc(S(=O)(=O)[C@@](C)(Cc2ccccc2)C(=O)NO)cc1. The molecule has 0 fully saturated rings. The summed E-state index contributed by atoms with van der Waals surface area (Å²) in [4.78, 5) is 12.2. The van der Waals surface area contributed by atoms with E-state index in [0.29, 0.717) is 11.3 Å². The number of hydroxylamine groups is 1. The first-order valence-electron chi connectivity index (χ1n) is 7.22. The Kier molecular flexibility index (Phi) is 5.26. The summed E-state index contributed by atoms with van der Waals surface area (Å²) in [6.45, 7) is 1.30. The Morgan fingerprint density at radius 2 is 1.71 bits per heavy atom. The molecule has 0 heterocycles. The van der Waals surface area contributed by atoms with Gasteiger partial charge < -0.3 is 4.74 Å². The number of carbonyl (C=O) groups excluding carboxylic acids is 1. The molecular weight excluding hydrogens is 330 g/mol. The van der Waals surface area contributed by atoms with Crippen molar-refractivity contribution >= 4 is 15.7 Å². The molecule has 2 aromatic carbocycles. The van der Waals surface area contributed by atoms with Crippen molar-refractivity contribution in [2.24, 2.45) is 0 Å². The van der Waals surface area contributed by atoms with Gasteiger partial charge in [-0.1, -0.05) is 30.3 Å². The van der Waals surface area contributed by atoms with E-state index in [9.17, 15) is 13.2 Å². The van der Waals surface area contributed by atoms with Gasteiger partial charge in [-0.05, 0) is 36.8 Å². The Morgan fingerprint density at radius 3 is 2.21 bits per heavy atom. The fourth-order valence-corrected chi connectivity index (χ4v) is 4.08. The van der Waals surface area contributed by atoms with Gasteiger partial charge in [0.05, 0.1) is 12.0 Å². The number of hydrogen-bond acceptors (Lipinski definition) is 5. The fourth-order valence-electron chi connectivity index (χ4n) is 2.42. The van der Waals surface area contributed by atoms with Gasteiger partial charge in [-0.2, -0.15) is 0 Å². The van der Waals surface area contributed by atoms with Crippen LogP contribution in [0.1, 0.15) is 12.5 Å². The van der Waals surface area contributed by atoms with Crippen molar-refractivity contribution in [2.75, 3.05) is 7.11 Å². The first-order chi connectivity index (χ1) is 11.3. The van der Waals surface area contributed by atoms with Gasteiger partial charge in [0.15, 0.2) is 14.6 Å². The third kappa shape index (κ3) is 3.27. The molecule has 0 aliphatic heterocycles. The van der Waals surface area contributed by atoms with Crippen LogP contribution in [0, 0.1) is 0 Å². The van der Waals surface area contributed by atoms with Crippen molar-refractivity contribution in [1.82, 2.24) is 5.48 Å². The van der Waals surface area contributed by atoms with Crippen LogP contribution in [-0.4, -0.2) is 31.4 Å². The van der Waals surface area contributed by atoms with E-state index in [1.54, 1.807) is 30.3 Å². The molecule has 7 heteroatoms. The van der Waals surface area contributed by atoms with Crippen molar-refractivity contribution in [3.63, 3.8) is 0 Å². The Balaban J connectivity index is 2.50. The zero-order chi connectivity index (χ0) is 17.8. The second-order valence-electron chi connectivity index (χ2n) is 5.51. The van der Waals surface area contributed by atoms with Crippen molar-refractivity contribution in [3.05, 3.63) is 60.2 Å². The largest absolute Gasteiger partial charge is 0.497 e. The summed E-state index contributed by atoms with van der Waals surface area (Å²) in [6, 6.07) is 14.5. The minimum absolute atomic E-state index is 0.0228. The van der Waals surface area contributed by atoms with Crippen molar-refractivity contribution in [2.45, 2.75) is 23.0 Å². The van der Waals surface area contributed by atoms with Gasteiger partial charge in [0, 0.05) is 6.42 Å². The summed E-state index contributed by atoms with van der Waals surface area (Å²) < 4.78 is 29.2. The van der Waals surface area contributed by atoms with Gasteiger partial charge in [0.1, 0.15) is 5.75 Å². The number of hydrogen-bond donors (Lipinski definition) is 2. The molecule has 0 bridgehead atoms. The molecule has 2 rings (SSSR count). The normalized spacial score (nSPS) is 13.8. The van der Waals surface area contributed by atoms with Gasteiger partial charge in [-0.25, -0.2) is 13.9 Å². The highest BCUT2D eigenvalue weighted by molar-refractivity contribution is 7.93. The average molecular weight is 349 g/mol. The lowest BCUT2D eigenvalue weighted by atomic mass is 10.00. The third-order valence-electron chi connectivity index (χ3n) is 3.93. The molecular formula is C17H19NO5S. The fraction of sp³-hybridized carbons (Fsp3) is 0.235. The molecule has 0 saturated heterocycles. The highest BCUT2D eigenvalue weighted by Crippen LogP contribution is 2.30. The molecule has 2 aromatic rings. The molecule has 0 saturated carbocycles. The third-order valence-corrected chi connectivity index (χ3v) is 6.34. The highest BCUT2D eigenvalue weighted by atomic mass is 32.2. The minimum atomic E-state index is -4.06. The van der Waals surface area contributed by atoms with Crippen LogP contribution in [0.25, 0.3) is 0 Å². The molecule has 0 radical (unpaired) electrons. The van der Waals surface area contributed by atoms with E-state index >= 15 is 0 Å². The predicted molar refractivity (Wildman–Crippen MR) is 88.7 cm³/mol. The first-order valence-corrected chi connectivity index (χ1v) is 8.70. The number of benzene rings is 2. The van der Waals surface area contributed by atoms with Gasteiger partial charge in [-0.3, -0.25) is 10.0 Å². The number of ether oxygens (including phenoxy) is 1. The first kappa shape index (κ1) is 18.0. The Morgan fingerprint density at radius 1 is 1.12 bits per heavy atom. The highest BCUT2D eigenvalue weighted by Gasteiger charge is 2.47. The summed E-state index contributed by atoms with van der Waals surface area (Å²) >= 11 is 0. The van der Waals surface area contributed by atoms with E-state index in [1.165, 1.54) is 43.8 Å². The Hall–Kier alpha value is -2.38. The van der Waals surface area contributed by atoms with E-state index in [1.807, 2.05) is 0 Å². The second-order valence-corrected chi connectivity index (χ2v) is 7.89. The molecule has 6 nitrogen and oxygen atoms in total. The van der Waals surface area contributed by atoms with Crippen LogP contribution in [0.4, 0.5) is 0 Å². The monoisotopic (exact) mass is 349 g/mol. The molecule has 0 unspecified atom stereocenters. The molecule has 0 spiro atoms. The van der Waals surface area contributed by atoms with Crippen LogP contribution in [0.15, 0.2) is 59.5 Å². The molecule has 0 aromatic heterocycles. The van der Waals surface area contributed by atoms with E-state index < -0.39 is 20.5 Å². The smallest absolute Gasteiger partial charge is 0.265 e. The van der Waals surface area contributed by atoms with Gasteiger partial charge in [0.2, 0.25) is 0 Å². The molecule has 24 heavy (non-hydrogen) atoms. The molecule has 0 aliphatic rings. The maximum atomic E-state index is 13.0. The lowest BCUT2D eigenvalue weighted by Crippen LogP contribution is -2.51. The molecule has 2 N–H and O–H groups in total. The second kappa shape index (κ2) is 7.02. The summed E-state index contributed by atoms with van der Waals surface area (Å²) in [5.41, 5.74) is 2.15. The molecule has 128 valence electrons. The van der Waals surface area contributed by atoms with E-state index in [4.69, 9.17) is 9.94 Å².